The third kappa shape index (κ3) is 2.30. The number of hydrogen-bond acceptors (Lipinski definition) is 5. The number of halogens is 2. The number of fused-ring (bicyclic) bond motifs is 1. The zero-order valence-electron chi connectivity index (χ0n) is 9.62. The number of aromatic nitrogens is 3. The minimum Gasteiger partial charge on any atom is -0.278 e. The summed E-state index contributed by atoms with van der Waals surface area (Å²) >= 11 is 10.5. The van der Waals surface area contributed by atoms with E-state index < -0.39 is 10.0 Å². The van der Waals surface area contributed by atoms with Crippen LogP contribution >= 0.6 is 38.9 Å². The van der Waals surface area contributed by atoms with Crippen LogP contribution in [0, 0.1) is 0 Å². The van der Waals surface area contributed by atoms with Gasteiger partial charge in [0.1, 0.15) is 0 Å². The van der Waals surface area contributed by atoms with E-state index in [2.05, 4.69) is 30.6 Å². The van der Waals surface area contributed by atoms with Gasteiger partial charge in [0.2, 0.25) is 0 Å². The maximum Gasteiger partial charge on any atom is 0.282 e. The summed E-state index contributed by atoms with van der Waals surface area (Å²) in [6.07, 6.45) is 3.09. The molecule has 3 aromatic rings. The third-order valence-corrected chi connectivity index (χ3v) is 5.56. The monoisotopic (exact) mass is 392 g/mol. The zero-order chi connectivity index (χ0) is 14.3. The van der Waals surface area contributed by atoms with Crippen LogP contribution < -0.4 is 4.72 Å². The molecule has 0 atom stereocenters. The number of sulfonamides is 1. The van der Waals surface area contributed by atoms with Gasteiger partial charge < -0.3 is 0 Å². The van der Waals surface area contributed by atoms with Crippen LogP contribution in [-0.2, 0) is 10.0 Å². The highest BCUT2D eigenvalue weighted by molar-refractivity contribution is 9.10. The fourth-order valence-electron chi connectivity index (χ4n) is 1.62. The Balaban J connectivity index is 2.11. The molecule has 0 radical (unpaired) electrons. The van der Waals surface area contributed by atoms with Gasteiger partial charge in [0.15, 0.2) is 21.0 Å². The lowest BCUT2D eigenvalue weighted by Crippen LogP contribution is -2.16. The van der Waals surface area contributed by atoms with Gasteiger partial charge in [0, 0.05) is 17.8 Å². The minimum atomic E-state index is -3.89. The van der Waals surface area contributed by atoms with Gasteiger partial charge in [0.25, 0.3) is 10.0 Å². The maximum atomic E-state index is 12.4. The van der Waals surface area contributed by atoms with Gasteiger partial charge in [-0.25, -0.2) is 9.97 Å². The van der Waals surface area contributed by atoms with Crippen LogP contribution in [0.1, 0.15) is 0 Å². The molecule has 104 valence electrons. The first-order valence-electron chi connectivity index (χ1n) is 5.23. The fourth-order valence-corrected chi connectivity index (χ4v) is 4.59. The number of imidazole rings is 1. The SMILES string of the molecule is O=S(=O)(Nc1ncccc1Br)c1c(Cl)nc2sccn12. The molecule has 0 amide bonds. The highest BCUT2D eigenvalue weighted by Crippen LogP contribution is 2.28. The molecule has 0 bridgehead atoms. The van der Waals surface area contributed by atoms with Crippen molar-refractivity contribution < 1.29 is 8.42 Å². The topological polar surface area (TPSA) is 76.4 Å². The number of nitrogens with zero attached hydrogens (tertiary/aromatic N) is 3. The molecule has 3 aromatic heterocycles. The molecule has 3 rings (SSSR count). The molecular formula is C10H6BrClN4O2S2. The van der Waals surface area contributed by atoms with Crippen LogP contribution in [0.15, 0.2) is 39.4 Å². The Morgan fingerprint density at radius 3 is 3.00 bits per heavy atom. The maximum absolute atomic E-state index is 12.4. The Bertz CT molecular complexity index is 890. The molecule has 0 spiro atoms. The molecule has 6 nitrogen and oxygen atoms in total. The average molecular weight is 394 g/mol. The summed E-state index contributed by atoms with van der Waals surface area (Å²) in [4.78, 5) is 8.47. The lowest BCUT2D eigenvalue weighted by Gasteiger charge is -2.07. The second kappa shape index (κ2) is 4.99. The summed E-state index contributed by atoms with van der Waals surface area (Å²) in [5, 5.41) is 1.55. The lowest BCUT2D eigenvalue weighted by atomic mass is 10.5. The Morgan fingerprint density at radius 1 is 1.45 bits per heavy atom. The predicted molar refractivity (Wildman–Crippen MR) is 80.8 cm³/mol. The van der Waals surface area contributed by atoms with E-state index in [9.17, 15) is 8.42 Å². The zero-order valence-corrected chi connectivity index (χ0v) is 13.6. The number of rotatable bonds is 3. The number of anilines is 1. The molecule has 0 aromatic carbocycles. The van der Waals surface area contributed by atoms with Gasteiger partial charge in [-0.2, -0.15) is 8.42 Å². The van der Waals surface area contributed by atoms with Crippen LogP contribution in [0.3, 0.4) is 0 Å². The van der Waals surface area contributed by atoms with Crippen molar-refractivity contribution in [2.24, 2.45) is 0 Å². The van der Waals surface area contributed by atoms with E-state index in [0.717, 1.165) is 0 Å². The molecule has 1 N–H and O–H groups in total. The minimum absolute atomic E-state index is 0.0728. The standard InChI is InChI=1S/C10H6BrClN4O2S2/c11-6-2-1-3-13-8(6)15-20(17,18)9-7(12)14-10-16(9)4-5-19-10/h1-5H,(H,13,15). The van der Waals surface area contributed by atoms with Crippen molar-refractivity contribution >= 4 is 59.7 Å². The third-order valence-electron chi connectivity index (χ3n) is 2.42. The van der Waals surface area contributed by atoms with Crippen LogP contribution in [-0.4, -0.2) is 22.8 Å². The Hall–Kier alpha value is -1.16. The Morgan fingerprint density at radius 2 is 2.25 bits per heavy atom. The van der Waals surface area contributed by atoms with Crippen molar-refractivity contribution in [2.75, 3.05) is 4.72 Å². The van der Waals surface area contributed by atoms with Crippen molar-refractivity contribution in [3.05, 3.63) is 39.5 Å². The first-order chi connectivity index (χ1) is 9.49. The van der Waals surface area contributed by atoms with Crippen molar-refractivity contribution in [1.29, 1.82) is 0 Å². The number of thiazole rings is 1. The van der Waals surface area contributed by atoms with Crippen LogP contribution in [0.5, 0.6) is 0 Å². The van der Waals surface area contributed by atoms with Crippen molar-refractivity contribution in [1.82, 2.24) is 14.4 Å². The summed E-state index contributed by atoms with van der Waals surface area (Å²) in [6, 6.07) is 3.37. The molecule has 0 saturated carbocycles. The lowest BCUT2D eigenvalue weighted by molar-refractivity contribution is 0.596. The van der Waals surface area contributed by atoms with E-state index in [0.29, 0.717) is 9.43 Å². The van der Waals surface area contributed by atoms with Gasteiger partial charge in [-0.1, -0.05) is 11.6 Å². The van der Waals surface area contributed by atoms with Gasteiger partial charge >= 0.3 is 0 Å². The molecular weight excluding hydrogens is 388 g/mol. The molecule has 0 aliphatic rings. The van der Waals surface area contributed by atoms with Crippen molar-refractivity contribution in [3.63, 3.8) is 0 Å². The molecule has 20 heavy (non-hydrogen) atoms. The van der Waals surface area contributed by atoms with Crippen molar-refractivity contribution in [3.8, 4) is 0 Å². The Kier molecular flexibility index (Phi) is 3.44. The van der Waals surface area contributed by atoms with Gasteiger partial charge in [-0.05, 0) is 28.1 Å². The Labute approximate surface area is 131 Å². The van der Waals surface area contributed by atoms with Crippen LogP contribution in [0.25, 0.3) is 4.96 Å². The quantitative estimate of drug-likeness (QED) is 0.742. The largest absolute Gasteiger partial charge is 0.282 e. The molecule has 0 fully saturated rings. The first-order valence-corrected chi connectivity index (χ1v) is 8.77. The average Bonchev–Trinajstić information content (AvgIpc) is 2.91. The van der Waals surface area contributed by atoms with Crippen molar-refractivity contribution in [2.45, 2.75) is 5.03 Å². The van der Waals surface area contributed by atoms with E-state index in [1.54, 1.807) is 23.7 Å². The van der Waals surface area contributed by atoms with Crippen LogP contribution in [0.4, 0.5) is 5.82 Å². The number of hydrogen-bond donors (Lipinski definition) is 1. The van der Waals surface area contributed by atoms with E-state index in [1.165, 1.54) is 21.9 Å². The summed E-state index contributed by atoms with van der Waals surface area (Å²) in [6.45, 7) is 0. The number of nitrogens with one attached hydrogen (secondary N) is 1. The molecule has 0 aliphatic carbocycles. The van der Waals surface area contributed by atoms with Gasteiger partial charge in [-0.15, -0.1) is 11.3 Å². The highest BCUT2D eigenvalue weighted by Gasteiger charge is 2.26. The molecule has 0 saturated heterocycles. The summed E-state index contributed by atoms with van der Waals surface area (Å²) < 4.78 is 29.2. The van der Waals surface area contributed by atoms with Crippen LogP contribution in [0.2, 0.25) is 5.15 Å². The van der Waals surface area contributed by atoms with Gasteiger partial charge in [-0.3, -0.25) is 9.12 Å². The van der Waals surface area contributed by atoms with E-state index in [4.69, 9.17) is 11.6 Å². The second-order valence-electron chi connectivity index (χ2n) is 3.70. The smallest absolute Gasteiger partial charge is 0.278 e. The highest BCUT2D eigenvalue weighted by atomic mass is 79.9. The van der Waals surface area contributed by atoms with E-state index >= 15 is 0 Å². The predicted octanol–water partition coefficient (Wildman–Crippen LogP) is 3.01. The molecule has 0 aliphatic heterocycles. The molecule has 3 heterocycles. The normalized spacial score (nSPS) is 11.9. The van der Waals surface area contributed by atoms with Gasteiger partial charge in [0.05, 0.1) is 4.47 Å². The molecule has 0 unspecified atom stereocenters. The summed E-state index contributed by atoms with van der Waals surface area (Å²) in [5.74, 6) is 0.189. The molecule has 10 heteroatoms. The van der Waals surface area contributed by atoms with E-state index in [1.807, 2.05) is 0 Å². The van der Waals surface area contributed by atoms with E-state index in [-0.39, 0.29) is 16.0 Å². The second-order valence-corrected chi connectivity index (χ2v) is 7.39. The summed E-state index contributed by atoms with van der Waals surface area (Å²) in [5.41, 5.74) is 0. The number of pyridine rings is 1. The first kappa shape index (κ1) is 13.8. The summed E-state index contributed by atoms with van der Waals surface area (Å²) in [7, 11) is -3.89. The fraction of sp³-hybridized carbons (Fsp3) is 0.